The zero-order chi connectivity index (χ0) is 14.8. The van der Waals surface area contributed by atoms with Crippen molar-refractivity contribution in [1.29, 1.82) is 0 Å². The summed E-state index contributed by atoms with van der Waals surface area (Å²) in [5.74, 6) is 0.307. The zero-order valence-corrected chi connectivity index (χ0v) is 13.4. The minimum Gasteiger partial charge on any atom is -0.336 e. The molecule has 1 amide bonds. The average Bonchev–Trinajstić information content (AvgIpc) is 2.90. The molecule has 1 heterocycles. The smallest absolute Gasteiger partial charge is 0.254 e. The Hall–Kier alpha value is -1.84. The van der Waals surface area contributed by atoms with Crippen molar-refractivity contribution in [3.63, 3.8) is 0 Å². The second kappa shape index (κ2) is 6.95. The Morgan fingerprint density at radius 1 is 1.05 bits per heavy atom. The zero-order valence-electron chi connectivity index (χ0n) is 12.6. The van der Waals surface area contributed by atoms with Crippen LogP contribution >= 0.6 is 12.4 Å². The van der Waals surface area contributed by atoms with E-state index in [9.17, 15) is 4.79 Å². The van der Waals surface area contributed by atoms with Gasteiger partial charge in [0.25, 0.3) is 5.91 Å². The molecule has 1 aliphatic rings. The first-order valence-corrected chi connectivity index (χ1v) is 7.32. The van der Waals surface area contributed by atoms with Gasteiger partial charge in [0.2, 0.25) is 0 Å². The van der Waals surface area contributed by atoms with Crippen LogP contribution in [0.4, 0.5) is 0 Å². The number of carbonyl (C=O) groups excluding carboxylic acids is 1. The van der Waals surface area contributed by atoms with E-state index >= 15 is 0 Å². The summed E-state index contributed by atoms with van der Waals surface area (Å²) in [6.45, 7) is 3.28. The summed E-state index contributed by atoms with van der Waals surface area (Å²) in [5.41, 5.74) is 9.26. The number of benzene rings is 2. The van der Waals surface area contributed by atoms with Gasteiger partial charge in [-0.05, 0) is 24.1 Å². The van der Waals surface area contributed by atoms with Crippen LogP contribution in [0.15, 0.2) is 54.6 Å². The number of amides is 1. The van der Waals surface area contributed by atoms with Crippen LogP contribution in [0.1, 0.15) is 27.4 Å². The molecular weight excluding hydrogens is 296 g/mol. The lowest BCUT2D eigenvalue weighted by atomic mass is 9.95. The van der Waals surface area contributed by atoms with Crippen LogP contribution in [0.25, 0.3) is 0 Å². The van der Waals surface area contributed by atoms with Gasteiger partial charge in [0.05, 0.1) is 0 Å². The van der Waals surface area contributed by atoms with Crippen molar-refractivity contribution in [3.8, 4) is 0 Å². The Bertz CT molecular complexity index is 645. The summed E-state index contributed by atoms with van der Waals surface area (Å²) in [5, 5.41) is 0. The molecule has 0 saturated carbocycles. The first kappa shape index (κ1) is 16.5. The van der Waals surface area contributed by atoms with E-state index in [0.29, 0.717) is 13.1 Å². The van der Waals surface area contributed by atoms with Crippen molar-refractivity contribution in [2.24, 2.45) is 5.73 Å². The highest BCUT2D eigenvalue weighted by Gasteiger charge is 2.34. The molecule has 0 radical (unpaired) electrons. The highest BCUT2D eigenvalue weighted by molar-refractivity contribution is 5.95. The molecule has 1 fully saturated rings. The molecule has 0 spiro atoms. The van der Waals surface area contributed by atoms with Crippen molar-refractivity contribution in [2.75, 3.05) is 13.1 Å². The summed E-state index contributed by atoms with van der Waals surface area (Å²) in [6, 6.07) is 17.9. The molecule has 1 aliphatic heterocycles. The predicted molar refractivity (Wildman–Crippen MR) is 91.5 cm³/mol. The van der Waals surface area contributed by atoms with Crippen LogP contribution in [0.2, 0.25) is 0 Å². The molecule has 2 aromatic carbocycles. The van der Waals surface area contributed by atoms with Gasteiger partial charge in [0.15, 0.2) is 0 Å². The van der Waals surface area contributed by atoms with Gasteiger partial charge in [-0.2, -0.15) is 0 Å². The molecule has 4 heteroatoms. The Morgan fingerprint density at radius 3 is 2.36 bits per heavy atom. The highest BCUT2D eigenvalue weighted by Crippen LogP contribution is 2.27. The molecule has 2 N–H and O–H groups in total. The number of likely N-dealkylation sites (tertiary alicyclic amines) is 1. The van der Waals surface area contributed by atoms with Crippen LogP contribution in [-0.4, -0.2) is 29.9 Å². The maximum absolute atomic E-state index is 12.7. The minimum atomic E-state index is 0. The predicted octanol–water partition coefficient (Wildman–Crippen LogP) is 2.98. The number of nitrogens with two attached hydrogens (primary N) is 1. The number of halogens is 1. The molecule has 116 valence electrons. The van der Waals surface area contributed by atoms with Crippen LogP contribution in [0.3, 0.4) is 0 Å². The van der Waals surface area contributed by atoms with E-state index in [0.717, 1.165) is 11.1 Å². The van der Waals surface area contributed by atoms with Crippen LogP contribution in [-0.2, 0) is 0 Å². The maximum atomic E-state index is 12.7. The topological polar surface area (TPSA) is 46.3 Å². The van der Waals surface area contributed by atoms with Gasteiger partial charge in [-0.25, -0.2) is 0 Å². The Balaban J connectivity index is 0.00000176. The fraction of sp³-hybridized carbons (Fsp3) is 0.278. The number of aryl methyl sites for hydroxylation is 1. The van der Waals surface area contributed by atoms with E-state index < -0.39 is 0 Å². The monoisotopic (exact) mass is 316 g/mol. The third-order valence-electron chi connectivity index (χ3n) is 4.26. The third-order valence-corrected chi connectivity index (χ3v) is 4.26. The molecule has 3 nitrogen and oxygen atoms in total. The molecule has 1 saturated heterocycles. The van der Waals surface area contributed by atoms with Gasteiger partial charge < -0.3 is 10.6 Å². The number of carbonyl (C=O) groups is 1. The summed E-state index contributed by atoms with van der Waals surface area (Å²) in [6.07, 6.45) is 0. The van der Waals surface area contributed by atoms with E-state index in [1.807, 2.05) is 54.3 Å². The van der Waals surface area contributed by atoms with Crippen LogP contribution in [0.5, 0.6) is 0 Å². The van der Waals surface area contributed by atoms with Gasteiger partial charge in [-0.3, -0.25) is 4.79 Å². The van der Waals surface area contributed by atoms with Gasteiger partial charge >= 0.3 is 0 Å². The Morgan fingerprint density at radius 2 is 1.68 bits per heavy atom. The van der Waals surface area contributed by atoms with E-state index in [1.165, 1.54) is 5.56 Å². The lowest BCUT2D eigenvalue weighted by Crippen LogP contribution is -2.32. The van der Waals surface area contributed by atoms with Crippen molar-refractivity contribution >= 4 is 18.3 Å². The second-order valence-electron chi connectivity index (χ2n) is 5.71. The SMILES string of the molecule is Cc1ccccc1C(=O)N1C[C@@H](N)[C@H](c2ccccc2)C1.Cl. The number of rotatable bonds is 2. The quantitative estimate of drug-likeness (QED) is 0.926. The number of hydrogen-bond donors (Lipinski definition) is 1. The minimum absolute atomic E-state index is 0. The number of nitrogens with zero attached hydrogens (tertiary/aromatic N) is 1. The fourth-order valence-corrected chi connectivity index (χ4v) is 3.03. The molecule has 2 atom stereocenters. The molecule has 22 heavy (non-hydrogen) atoms. The molecular formula is C18H21ClN2O. The van der Waals surface area contributed by atoms with Crippen molar-refractivity contribution < 1.29 is 4.79 Å². The lowest BCUT2D eigenvalue weighted by molar-refractivity contribution is 0.0788. The van der Waals surface area contributed by atoms with Gasteiger partial charge in [-0.15, -0.1) is 12.4 Å². The summed E-state index contributed by atoms with van der Waals surface area (Å²) < 4.78 is 0. The number of hydrogen-bond acceptors (Lipinski definition) is 2. The summed E-state index contributed by atoms with van der Waals surface area (Å²) >= 11 is 0. The van der Waals surface area contributed by atoms with Crippen molar-refractivity contribution in [2.45, 2.75) is 18.9 Å². The molecule has 2 aromatic rings. The van der Waals surface area contributed by atoms with E-state index in [1.54, 1.807) is 0 Å². The molecule has 0 bridgehead atoms. The maximum Gasteiger partial charge on any atom is 0.254 e. The lowest BCUT2D eigenvalue weighted by Gasteiger charge is -2.17. The third kappa shape index (κ3) is 3.16. The van der Waals surface area contributed by atoms with Crippen molar-refractivity contribution in [3.05, 3.63) is 71.3 Å². The average molecular weight is 317 g/mol. The Kier molecular flexibility index (Phi) is 5.22. The molecule has 0 unspecified atom stereocenters. The largest absolute Gasteiger partial charge is 0.336 e. The molecule has 0 aromatic heterocycles. The van der Waals surface area contributed by atoms with E-state index in [-0.39, 0.29) is 30.3 Å². The fourth-order valence-electron chi connectivity index (χ4n) is 3.03. The second-order valence-corrected chi connectivity index (χ2v) is 5.71. The normalized spacial score (nSPS) is 20.5. The highest BCUT2D eigenvalue weighted by atomic mass is 35.5. The molecule has 3 rings (SSSR count). The standard InChI is InChI=1S/C18H20N2O.ClH/c1-13-7-5-6-10-15(13)18(21)20-11-16(17(19)12-20)14-8-3-2-4-9-14;/h2-10,16-17H,11-12,19H2,1H3;1H/t16-,17+;/m0./s1. The first-order valence-electron chi connectivity index (χ1n) is 7.32. The van der Waals surface area contributed by atoms with E-state index in [2.05, 4.69) is 12.1 Å². The van der Waals surface area contributed by atoms with Gasteiger partial charge in [0, 0.05) is 30.6 Å². The molecule has 0 aliphatic carbocycles. The first-order chi connectivity index (χ1) is 10.2. The summed E-state index contributed by atoms with van der Waals surface area (Å²) in [7, 11) is 0. The Labute approximate surface area is 137 Å². The van der Waals surface area contributed by atoms with Crippen molar-refractivity contribution in [1.82, 2.24) is 4.90 Å². The van der Waals surface area contributed by atoms with Crippen LogP contribution < -0.4 is 5.73 Å². The van der Waals surface area contributed by atoms with Gasteiger partial charge in [-0.1, -0.05) is 48.5 Å². The van der Waals surface area contributed by atoms with Gasteiger partial charge in [0.1, 0.15) is 0 Å². The summed E-state index contributed by atoms with van der Waals surface area (Å²) in [4.78, 5) is 14.5. The van der Waals surface area contributed by atoms with Crippen LogP contribution in [0, 0.1) is 6.92 Å². The van der Waals surface area contributed by atoms with E-state index in [4.69, 9.17) is 5.73 Å².